The monoisotopic (exact) mass is 274 g/mol. The number of phenolic OH excluding ortho intramolecular Hbond substituents is 1. The molecule has 0 spiro atoms. The van der Waals surface area contributed by atoms with Gasteiger partial charge in [0.2, 0.25) is 0 Å². The molecule has 0 fully saturated rings. The van der Waals surface area contributed by atoms with Crippen LogP contribution in [0.5, 0.6) is 5.75 Å². The molecule has 2 aromatic rings. The topological polar surface area (TPSA) is 62.2 Å². The van der Waals surface area contributed by atoms with Gasteiger partial charge in [-0.1, -0.05) is 6.07 Å². The van der Waals surface area contributed by atoms with E-state index in [9.17, 15) is 14.3 Å². The zero-order valence-electron chi connectivity index (χ0n) is 11.2. The lowest BCUT2D eigenvalue weighted by Gasteiger charge is -2.25. The van der Waals surface area contributed by atoms with Gasteiger partial charge in [0.05, 0.1) is 16.8 Å². The van der Waals surface area contributed by atoms with Crippen LogP contribution in [-0.4, -0.2) is 16.0 Å². The normalized spacial score (nSPS) is 11.2. The lowest BCUT2D eigenvalue weighted by atomic mass is 9.99. The minimum Gasteiger partial charge on any atom is -0.507 e. The first-order valence-corrected chi connectivity index (χ1v) is 6.13. The molecule has 1 aromatic carbocycles. The number of aromatic nitrogens is 1. The Balaban J connectivity index is 2.25. The molecule has 5 heteroatoms. The first-order valence-electron chi connectivity index (χ1n) is 6.13. The van der Waals surface area contributed by atoms with Crippen molar-refractivity contribution < 1.29 is 14.3 Å². The van der Waals surface area contributed by atoms with Crippen molar-refractivity contribution in [3.05, 3.63) is 59.7 Å². The number of halogens is 1. The van der Waals surface area contributed by atoms with E-state index in [-0.39, 0.29) is 11.3 Å². The summed E-state index contributed by atoms with van der Waals surface area (Å²) in [5.74, 6) is -1.40. The van der Waals surface area contributed by atoms with Gasteiger partial charge in [-0.2, -0.15) is 0 Å². The number of hydrogen-bond donors (Lipinski definition) is 2. The molecule has 2 rings (SSSR count). The second-order valence-electron chi connectivity index (χ2n) is 4.96. The molecule has 0 bridgehead atoms. The molecule has 1 amide bonds. The molecule has 1 aromatic heterocycles. The van der Waals surface area contributed by atoms with E-state index in [1.807, 2.05) is 6.07 Å². The Hall–Kier alpha value is -2.43. The van der Waals surface area contributed by atoms with Crippen molar-refractivity contribution in [2.45, 2.75) is 19.4 Å². The zero-order chi connectivity index (χ0) is 14.8. The van der Waals surface area contributed by atoms with Gasteiger partial charge in [-0.25, -0.2) is 4.39 Å². The Labute approximate surface area is 116 Å². The van der Waals surface area contributed by atoms with Gasteiger partial charge in [-0.3, -0.25) is 9.78 Å². The Morgan fingerprint density at radius 3 is 2.70 bits per heavy atom. The summed E-state index contributed by atoms with van der Waals surface area (Å²) >= 11 is 0. The number of pyridine rings is 1. The smallest absolute Gasteiger partial charge is 0.255 e. The fourth-order valence-corrected chi connectivity index (χ4v) is 1.84. The Morgan fingerprint density at radius 1 is 1.30 bits per heavy atom. The number of benzene rings is 1. The number of carbonyl (C=O) groups excluding carboxylic acids is 1. The van der Waals surface area contributed by atoms with Gasteiger partial charge in [0.1, 0.15) is 11.6 Å². The maximum absolute atomic E-state index is 13.2. The van der Waals surface area contributed by atoms with Crippen LogP contribution in [0.3, 0.4) is 0 Å². The first kappa shape index (κ1) is 14.0. The van der Waals surface area contributed by atoms with Gasteiger partial charge in [-0.05, 0) is 44.2 Å². The number of aromatic hydroxyl groups is 1. The second-order valence-corrected chi connectivity index (χ2v) is 4.96. The predicted octanol–water partition coefficient (Wildman–Crippen LogP) is 2.59. The van der Waals surface area contributed by atoms with Crippen molar-refractivity contribution in [1.29, 1.82) is 0 Å². The largest absolute Gasteiger partial charge is 0.507 e. The number of carbonyl (C=O) groups is 1. The average molecular weight is 274 g/mol. The summed E-state index contributed by atoms with van der Waals surface area (Å²) in [5, 5.41) is 12.4. The molecule has 104 valence electrons. The van der Waals surface area contributed by atoms with Crippen molar-refractivity contribution in [1.82, 2.24) is 10.3 Å². The van der Waals surface area contributed by atoms with Crippen LogP contribution in [0.1, 0.15) is 29.9 Å². The van der Waals surface area contributed by atoms with Crippen LogP contribution < -0.4 is 5.32 Å². The van der Waals surface area contributed by atoms with E-state index < -0.39 is 17.3 Å². The van der Waals surface area contributed by atoms with E-state index >= 15 is 0 Å². The minimum atomic E-state index is -0.739. The molecule has 0 radical (unpaired) electrons. The Kier molecular flexibility index (Phi) is 3.70. The standard InChI is InChI=1S/C15H15FN2O2/c1-15(2,13-5-3-4-8-17-13)18-14(20)11-9-10(16)6-7-12(11)19/h3-9,19H,1-2H3,(H,18,20). The van der Waals surface area contributed by atoms with Crippen molar-refractivity contribution in [3.63, 3.8) is 0 Å². The number of nitrogens with one attached hydrogen (secondary N) is 1. The fraction of sp³-hybridized carbons (Fsp3) is 0.200. The van der Waals surface area contributed by atoms with Crippen LogP contribution in [0, 0.1) is 5.82 Å². The lowest BCUT2D eigenvalue weighted by molar-refractivity contribution is 0.0907. The molecule has 0 aliphatic carbocycles. The molecule has 0 saturated carbocycles. The number of hydrogen-bond acceptors (Lipinski definition) is 3. The van der Waals surface area contributed by atoms with Crippen molar-refractivity contribution >= 4 is 5.91 Å². The molecule has 0 aliphatic heterocycles. The molecule has 1 heterocycles. The maximum Gasteiger partial charge on any atom is 0.255 e. The molecule has 0 saturated heterocycles. The summed E-state index contributed by atoms with van der Waals surface area (Å²) in [6.07, 6.45) is 1.63. The van der Waals surface area contributed by atoms with Crippen molar-refractivity contribution in [3.8, 4) is 5.75 Å². The van der Waals surface area contributed by atoms with E-state index in [2.05, 4.69) is 10.3 Å². The Morgan fingerprint density at radius 2 is 2.05 bits per heavy atom. The highest BCUT2D eigenvalue weighted by Crippen LogP contribution is 2.22. The summed E-state index contributed by atoms with van der Waals surface area (Å²) in [7, 11) is 0. The summed E-state index contributed by atoms with van der Waals surface area (Å²) in [4.78, 5) is 16.3. The number of phenols is 1. The van der Waals surface area contributed by atoms with Gasteiger partial charge in [-0.15, -0.1) is 0 Å². The fourth-order valence-electron chi connectivity index (χ4n) is 1.84. The molecule has 20 heavy (non-hydrogen) atoms. The van der Waals surface area contributed by atoms with Gasteiger partial charge < -0.3 is 10.4 Å². The molecule has 4 nitrogen and oxygen atoms in total. The van der Waals surface area contributed by atoms with Gasteiger partial charge in [0.25, 0.3) is 5.91 Å². The third kappa shape index (κ3) is 2.93. The number of amides is 1. The SMILES string of the molecule is CC(C)(NC(=O)c1cc(F)ccc1O)c1ccccn1. The van der Waals surface area contributed by atoms with Crippen LogP contribution >= 0.6 is 0 Å². The van der Waals surface area contributed by atoms with E-state index in [0.29, 0.717) is 5.69 Å². The van der Waals surface area contributed by atoms with Gasteiger partial charge >= 0.3 is 0 Å². The summed E-state index contributed by atoms with van der Waals surface area (Å²) in [6.45, 7) is 3.56. The quantitative estimate of drug-likeness (QED) is 0.904. The summed E-state index contributed by atoms with van der Waals surface area (Å²) < 4.78 is 13.2. The van der Waals surface area contributed by atoms with Gasteiger partial charge in [0, 0.05) is 6.20 Å². The van der Waals surface area contributed by atoms with E-state index in [1.54, 1.807) is 32.2 Å². The van der Waals surface area contributed by atoms with Crippen LogP contribution in [-0.2, 0) is 5.54 Å². The Bertz CT molecular complexity index is 627. The highest BCUT2D eigenvalue weighted by molar-refractivity contribution is 5.97. The average Bonchev–Trinajstić information content (AvgIpc) is 2.42. The highest BCUT2D eigenvalue weighted by atomic mass is 19.1. The van der Waals surface area contributed by atoms with Crippen LogP contribution in [0.15, 0.2) is 42.6 Å². The van der Waals surface area contributed by atoms with Crippen LogP contribution in [0.2, 0.25) is 0 Å². The van der Waals surface area contributed by atoms with Crippen molar-refractivity contribution in [2.75, 3.05) is 0 Å². The maximum atomic E-state index is 13.2. The van der Waals surface area contributed by atoms with E-state index in [0.717, 1.165) is 18.2 Å². The summed E-state index contributed by atoms with van der Waals surface area (Å²) in [5.41, 5.74) is -0.171. The van der Waals surface area contributed by atoms with Crippen molar-refractivity contribution in [2.24, 2.45) is 0 Å². The molecular formula is C15H15FN2O2. The van der Waals surface area contributed by atoms with E-state index in [1.165, 1.54) is 0 Å². The third-order valence-corrected chi connectivity index (χ3v) is 2.93. The third-order valence-electron chi connectivity index (χ3n) is 2.93. The number of rotatable bonds is 3. The molecule has 0 aliphatic rings. The van der Waals surface area contributed by atoms with Crippen LogP contribution in [0.25, 0.3) is 0 Å². The predicted molar refractivity (Wildman–Crippen MR) is 72.8 cm³/mol. The van der Waals surface area contributed by atoms with Crippen LogP contribution in [0.4, 0.5) is 4.39 Å². The van der Waals surface area contributed by atoms with Gasteiger partial charge in [0.15, 0.2) is 0 Å². The number of nitrogens with zero attached hydrogens (tertiary/aromatic N) is 1. The first-order chi connectivity index (χ1) is 9.40. The van der Waals surface area contributed by atoms with E-state index in [4.69, 9.17) is 0 Å². The second kappa shape index (κ2) is 5.28. The molecule has 2 N–H and O–H groups in total. The minimum absolute atomic E-state index is 0.103. The highest BCUT2D eigenvalue weighted by Gasteiger charge is 2.25. The zero-order valence-corrected chi connectivity index (χ0v) is 11.2. The molecule has 0 atom stereocenters. The lowest BCUT2D eigenvalue weighted by Crippen LogP contribution is -2.41. The summed E-state index contributed by atoms with van der Waals surface area (Å²) in [6, 6.07) is 8.62. The molecular weight excluding hydrogens is 259 g/mol. The molecule has 0 unspecified atom stereocenters.